The van der Waals surface area contributed by atoms with Gasteiger partial charge in [0.1, 0.15) is 11.2 Å². The molecular formula is C13H23NO5. The zero-order valence-electron chi connectivity index (χ0n) is 12.6. The third kappa shape index (κ3) is 4.89. The Hall–Kier alpha value is -1.59. The molecule has 1 amide bonds. The molecule has 0 atom stereocenters. The molecule has 0 aromatic heterocycles. The van der Waals surface area contributed by atoms with Crippen LogP contribution in [-0.2, 0) is 23.9 Å². The van der Waals surface area contributed by atoms with Gasteiger partial charge in [0, 0.05) is 0 Å². The standard InChI is InChI=1S/C13H23NO5/c1-11(2,3)18-9(16)13(7,8(14)15)10(17)19-12(4,5)6/h1-7H3,(H2,14,15). The highest BCUT2D eigenvalue weighted by molar-refractivity contribution is 6.18. The fourth-order valence-corrected chi connectivity index (χ4v) is 1.04. The summed E-state index contributed by atoms with van der Waals surface area (Å²) in [4.78, 5) is 35.5. The molecule has 6 heteroatoms. The molecule has 0 aromatic carbocycles. The van der Waals surface area contributed by atoms with Crippen LogP contribution in [0.4, 0.5) is 0 Å². The Balaban J connectivity index is 5.33. The molecule has 0 aliphatic carbocycles. The Bertz CT molecular complexity index is 359. The van der Waals surface area contributed by atoms with Gasteiger partial charge in [-0.25, -0.2) is 0 Å². The second-order valence-corrected chi connectivity index (χ2v) is 6.49. The summed E-state index contributed by atoms with van der Waals surface area (Å²) in [5.41, 5.74) is 1.34. The van der Waals surface area contributed by atoms with Crippen molar-refractivity contribution in [2.45, 2.75) is 59.7 Å². The van der Waals surface area contributed by atoms with E-state index in [4.69, 9.17) is 15.2 Å². The van der Waals surface area contributed by atoms with Gasteiger partial charge in [-0.1, -0.05) is 0 Å². The summed E-state index contributed by atoms with van der Waals surface area (Å²) in [6.07, 6.45) is 0. The van der Waals surface area contributed by atoms with Crippen LogP contribution in [0, 0.1) is 5.41 Å². The lowest BCUT2D eigenvalue weighted by molar-refractivity contribution is -0.184. The molecule has 0 fully saturated rings. The van der Waals surface area contributed by atoms with Gasteiger partial charge in [-0.3, -0.25) is 14.4 Å². The highest BCUT2D eigenvalue weighted by Gasteiger charge is 2.52. The molecule has 0 unspecified atom stereocenters. The average molecular weight is 273 g/mol. The number of ether oxygens (including phenoxy) is 2. The lowest BCUT2D eigenvalue weighted by Gasteiger charge is -2.30. The molecule has 0 aliphatic heterocycles. The van der Waals surface area contributed by atoms with Crippen molar-refractivity contribution in [2.24, 2.45) is 11.1 Å². The van der Waals surface area contributed by atoms with Crippen molar-refractivity contribution in [2.75, 3.05) is 0 Å². The molecule has 0 heterocycles. The molecule has 19 heavy (non-hydrogen) atoms. The summed E-state index contributed by atoms with van der Waals surface area (Å²) in [7, 11) is 0. The summed E-state index contributed by atoms with van der Waals surface area (Å²) in [5, 5.41) is 0. The molecule has 0 rings (SSSR count). The Morgan fingerprint density at radius 1 is 0.737 bits per heavy atom. The first kappa shape index (κ1) is 17.4. The predicted octanol–water partition coefficient (Wildman–Crippen LogP) is 1.16. The summed E-state index contributed by atoms with van der Waals surface area (Å²) in [5.74, 6) is -3.13. The third-order valence-corrected chi connectivity index (χ3v) is 2.11. The molecule has 0 radical (unpaired) electrons. The van der Waals surface area contributed by atoms with E-state index in [9.17, 15) is 14.4 Å². The third-order valence-electron chi connectivity index (χ3n) is 2.11. The van der Waals surface area contributed by atoms with Gasteiger partial charge in [-0.05, 0) is 48.5 Å². The van der Waals surface area contributed by atoms with Crippen molar-refractivity contribution in [3.63, 3.8) is 0 Å². The Kier molecular flexibility index (Phi) is 4.75. The molecule has 0 spiro atoms. The van der Waals surface area contributed by atoms with Gasteiger partial charge in [0.2, 0.25) is 11.3 Å². The van der Waals surface area contributed by atoms with E-state index in [1.807, 2.05) is 0 Å². The summed E-state index contributed by atoms with van der Waals surface area (Å²) in [6.45, 7) is 10.9. The number of esters is 2. The Labute approximate surface area is 113 Å². The van der Waals surface area contributed by atoms with Gasteiger partial charge in [-0.2, -0.15) is 0 Å². The quantitative estimate of drug-likeness (QED) is 0.615. The Morgan fingerprint density at radius 3 is 1.16 bits per heavy atom. The van der Waals surface area contributed by atoms with E-state index in [0.717, 1.165) is 6.92 Å². The number of primary amides is 1. The minimum Gasteiger partial charge on any atom is -0.459 e. The highest BCUT2D eigenvalue weighted by atomic mass is 16.6. The number of hydrogen-bond donors (Lipinski definition) is 1. The van der Waals surface area contributed by atoms with E-state index in [-0.39, 0.29) is 0 Å². The van der Waals surface area contributed by atoms with E-state index >= 15 is 0 Å². The van der Waals surface area contributed by atoms with Crippen molar-refractivity contribution in [3.05, 3.63) is 0 Å². The maximum absolute atomic E-state index is 12.0. The average Bonchev–Trinajstić information content (AvgIpc) is 2.09. The smallest absolute Gasteiger partial charge is 0.333 e. The molecule has 0 aromatic rings. The molecule has 6 nitrogen and oxygen atoms in total. The van der Waals surface area contributed by atoms with Gasteiger partial charge in [0.15, 0.2) is 0 Å². The Morgan fingerprint density at radius 2 is 1.00 bits per heavy atom. The van der Waals surface area contributed by atoms with Crippen LogP contribution in [0.1, 0.15) is 48.5 Å². The highest BCUT2D eigenvalue weighted by Crippen LogP contribution is 2.26. The zero-order chi connectivity index (χ0) is 15.6. The molecule has 110 valence electrons. The van der Waals surface area contributed by atoms with Crippen LogP contribution < -0.4 is 5.73 Å². The van der Waals surface area contributed by atoms with E-state index in [0.29, 0.717) is 0 Å². The minimum atomic E-state index is -2.15. The lowest BCUT2D eigenvalue weighted by Crippen LogP contribution is -2.52. The molecular weight excluding hydrogens is 250 g/mol. The number of nitrogens with two attached hydrogens (primary N) is 1. The fourth-order valence-electron chi connectivity index (χ4n) is 1.04. The minimum absolute atomic E-state index is 0.837. The van der Waals surface area contributed by atoms with Gasteiger partial charge in [0.05, 0.1) is 0 Å². The number of carbonyl (C=O) groups is 3. The van der Waals surface area contributed by atoms with Gasteiger partial charge >= 0.3 is 11.9 Å². The summed E-state index contributed by atoms with van der Waals surface area (Å²) < 4.78 is 10.1. The fraction of sp³-hybridized carbons (Fsp3) is 0.769. The number of rotatable bonds is 3. The second kappa shape index (κ2) is 5.19. The maximum Gasteiger partial charge on any atom is 0.333 e. The summed E-state index contributed by atoms with van der Waals surface area (Å²) in [6, 6.07) is 0. The maximum atomic E-state index is 12.0. The van der Waals surface area contributed by atoms with E-state index in [1.54, 1.807) is 41.5 Å². The molecule has 0 saturated carbocycles. The summed E-state index contributed by atoms with van der Waals surface area (Å²) >= 11 is 0. The number of hydrogen-bond acceptors (Lipinski definition) is 5. The van der Waals surface area contributed by atoms with Crippen LogP contribution in [-0.4, -0.2) is 29.0 Å². The second-order valence-electron chi connectivity index (χ2n) is 6.49. The molecule has 2 N–H and O–H groups in total. The van der Waals surface area contributed by atoms with Crippen LogP contribution in [0.2, 0.25) is 0 Å². The first-order valence-electron chi connectivity index (χ1n) is 5.97. The molecule has 0 saturated heterocycles. The predicted molar refractivity (Wildman–Crippen MR) is 69.0 cm³/mol. The topological polar surface area (TPSA) is 95.7 Å². The van der Waals surface area contributed by atoms with Crippen molar-refractivity contribution in [3.8, 4) is 0 Å². The van der Waals surface area contributed by atoms with Crippen molar-refractivity contribution in [1.82, 2.24) is 0 Å². The van der Waals surface area contributed by atoms with Crippen molar-refractivity contribution < 1.29 is 23.9 Å². The van der Waals surface area contributed by atoms with Gasteiger partial charge in [0.25, 0.3) is 0 Å². The van der Waals surface area contributed by atoms with E-state index in [2.05, 4.69) is 0 Å². The zero-order valence-corrected chi connectivity index (χ0v) is 12.6. The van der Waals surface area contributed by atoms with E-state index in [1.165, 1.54) is 0 Å². The van der Waals surface area contributed by atoms with Crippen molar-refractivity contribution >= 4 is 17.8 Å². The van der Waals surface area contributed by atoms with Crippen LogP contribution in [0.3, 0.4) is 0 Å². The van der Waals surface area contributed by atoms with Gasteiger partial charge < -0.3 is 15.2 Å². The SMILES string of the molecule is CC(C)(C)OC(=O)C(C)(C(N)=O)C(=O)OC(C)(C)C. The van der Waals surface area contributed by atoms with Crippen LogP contribution in [0.5, 0.6) is 0 Å². The molecule has 0 bridgehead atoms. The monoisotopic (exact) mass is 273 g/mol. The van der Waals surface area contributed by atoms with Crippen LogP contribution in [0.15, 0.2) is 0 Å². The number of carbonyl (C=O) groups excluding carboxylic acids is 3. The van der Waals surface area contributed by atoms with Crippen molar-refractivity contribution in [1.29, 1.82) is 0 Å². The normalized spacial score (nSPS) is 12.8. The first-order chi connectivity index (χ1) is 8.20. The first-order valence-corrected chi connectivity index (χ1v) is 5.97. The van der Waals surface area contributed by atoms with Crippen LogP contribution in [0.25, 0.3) is 0 Å². The van der Waals surface area contributed by atoms with Crippen LogP contribution >= 0.6 is 0 Å². The lowest BCUT2D eigenvalue weighted by atomic mass is 9.89. The van der Waals surface area contributed by atoms with E-state index < -0.39 is 34.5 Å². The number of amides is 1. The largest absolute Gasteiger partial charge is 0.459 e. The molecule has 0 aliphatic rings. The van der Waals surface area contributed by atoms with Gasteiger partial charge in [-0.15, -0.1) is 0 Å².